The lowest BCUT2D eigenvalue weighted by atomic mass is 9.62. The number of carbonyl (C=O) groups excluding carboxylic acids is 1. The molecule has 0 heterocycles. The normalized spacial score (nSPS) is 24.4. The van der Waals surface area contributed by atoms with E-state index in [1.807, 2.05) is 38.1 Å². The molecule has 0 radical (unpaired) electrons. The third-order valence-corrected chi connectivity index (χ3v) is 4.81. The van der Waals surface area contributed by atoms with E-state index in [0.717, 1.165) is 23.1 Å². The van der Waals surface area contributed by atoms with Crippen LogP contribution in [0.5, 0.6) is 5.75 Å². The van der Waals surface area contributed by atoms with Crippen molar-refractivity contribution in [1.82, 2.24) is 0 Å². The van der Waals surface area contributed by atoms with Gasteiger partial charge in [0.1, 0.15) is 11.2 Å². The summed E-state index contributed by atoms with van der Waals surface area (Å²) in [5.74, 6) is 0.831. The largest absolute Gasteiger partial charge is 0.494 e. The molecule has 1 aliphatic carbocycles. The van der Waals surface area contributed by atoms with Crippen molar-refractivity contribution in [3.05, 3.63) is 28.7 Å². The van der Waals surface area contributed by atoms with Gasteiger partial charge in [-0.3, -0.25) is 4.79 Å². The molecule has 0 amide bonds. The fourth-order valence-corrected chi connectivity index (χ4v) is 3.25. The molecule has 112 valence electrons. The number of halogens is 1. The highest BCUT2D eigenvalue weighted by atomic mass is 79.9. The second kappa shape index (κ2) is 6.19. The van der Waals surface area contributed by atoms with Gasteiger partial charge in [0.15, 0.2) is 5.78 Å². The maximum absolute atomic E-state index is 12.6. The highest BCUT2D eigenvalue weighted by molar-refractivity contribution is 9.10. The molecule has 2 rings (SSSR count). The van der Waals surface area contributed by atoms with Crippen LogP contribution in [0.15, 0.2) is 28.7 Å². The Labute approximate surface area is 134 Å². The molecule has 1 aromatic rings. The monoisotopic (exact) mass is 349 g/mol. The van der Waals surface area contributed by atoms with E-state index in [0.29, 0.717) is 19.4 Å². The number of nitriles is 1. The van der Waals surface area contributed by atoms with E-state index in [1.165, 1.54) is 0 Å². The lowest BCUT2D eigenvalue weighted by molar-refractivity contribution is -0.139. The summed E-state index contributed by atoms with van der Waals surface area (Å²) in [6, 6.07) is 9.84. The number of carbonyl (C=O) groups is 1. The van der Waals surface area contributed by atoms with E-state index in [-0.39, 0.29) is 5.78 Å². The molecule has 21 heavy (non-hydrogen) atoms. The van der Waals surface area contributed by atoms with Crippen molar-refractivity contribution in [3.63, 3.8) is 0 Å². The van der Waals surface area contributed by atoms with Gasteiger partial charge in [0.05, 0.1) is 12.7 Å². The molecular formula is C17H20BrNO2. The van der Waals surface area contributed by atoms with Gasteiger partial charge in [0, 0.05) is 16.3 Å². The maximum Gasteiger partial charge on any atom is 0.158 e. The third kappa shape index (κ3) is 3.47. The zero-order valence-electron chi connectivity index (χ0n) is 12.5. The first kappa shape index (κ1) is 16.0. The van der Waals surface area contributed by atoms with E-state index < -0.39 is 10.8 Å². The fourth-order valence-electron chi connectivity index (χ4n) is 2.98. The smallest absolute Gasteiger partial charge is 0.158 e. The van der Waals surface area contributed by atoms with Crippen molar-refractivity contribution in [2.45, 2.75) is 39.5 Å². The van der Waals surface area contributed by atoms with Gasteiger partial charge in [0.2, 0.25) is 0 Å². The number of ketones is 1. The molecule has 3 nitrogen and oxygen atoms in total. The van der Waals surface area contributed by atoms with Crippen LogP contribution in [0.2, 0.25) is 0 Å². The van der Waals surface area contributed by atoms with Crippen molar-refractivity contribution < 1.29 is 9.53 Å². The van der Waals surface area contributed by atoms with Crippen LogP contribution in [0.3, 0.4) is 0 Å². The summed E-state index contributed by atoms with van der Waals surface area (Å²) in [5, 5.41) is 9.55. The second-order valence-corrected chi connectivity index (χ2v) is 7.23. The highest BCUT2D eigenvalue weighted by Crippen LogP contribution is 2.44. The maximum atomic E-state index is 12.6. The Hall–Kier alpha value is -1.34. The Bertz CT molecular complexity index is 559. The average Bonchev–Trinajstić information content (AvgIpc) is 2.46. The van der Waals surface area contributed by atoms with Gasteiger partial charge < -0.3 is 4.74 Å². The number of hydrogen-bond acceptors (Lipinski definition) is 3. The van der Waals surface area contributed by atoms with Crippen molar-refractivity contribution in [1.29, 1.82) is 5.26 Å². The molecule has 4 heteroatoms. The van der Waals surface area contributed by atoms with Gasteiger partial charge in [-0.05, 0) is 37.1 Å². The Morgan fingerprint density at radius 2 is 1.95 bits per heavy atom. The SMILES string of the molecule is CC1(C)CCCC(C#N)(CCOc2ccc(Br)cc2)C1=O. The van der Waals surface area contributed by atoms with Crippen LogP contribution in [-0.2, 0) is 4.79 Å². The average molecular weight is 350 g/mol. The molecule has 0 bridgehead atoms. The molecule has 1 atom stereocenters. The number of rotatable bonds is 4. The number of ether oxygens (including phenoxy) is 1. The quantitative estimate of drug-likeness (QED) is 0.803. The standard InChI is InChI=1S/C17H20BrNO2/c1-16(2)8-3-9-17(12-19,15(16)20)10-11-21-14-6-4-13(18)5-7-14/h4-7H,3,8-11H2,1-2H3. The van der Waals surface area contributed by atoms with Gasteiger partial charge in [-0.1, -0.05) is 36.2 Å². The molecule has 1 aromatic carbocycles. The van der Waals surface area contributed by atoms with E-state index in [9.17, 15) is 10.1 Å². The first-order valence-corrected chi connectivity index (χ1v) is 8.03. The molecular weight excluding hydrogens is 330 g/mol. The van der Waals surface area contributed by atoms with Gasteiger partial charge in [0.25, 0.3) is 0 Å². The van der Waals surface area contributed by atoms with Crippen molar-refractivity contribution in [2.75, 3.05) is 6.61 Å². The Morgan fingerprint density at radius 3 is 2.57 bits per heavy atom. The van der Waals surface area contributed by atoms with E-state index >= 15 is 0 Å². The van der Waals surface area contributed by atoms with Crippen LogP contribution < -0.4 is 4.74 Å². The van der Waals surface area contributed by atoms with Crippen molar-refractivity contribution >= 4 is 21.7 Å². The van der Waals surface area contributed by atoms with Crippen molar-refractivity contribution in [3.8, 4) is 11.8 Å². The molecule has 0 saturated heterocycles. The summed E-state index contributed by atoms with van der Waals surface area (Å²) < 4.78 is 6.68. The fraction of sp³-hybridized carbons (Fsp3) is 0.529. The summed E-state index contributed by atoms with van der Waals surface area (Å²) >= 11 is 3.37. The summed E-state index contributed by atoms with van der Waals surface area (Å²) in [6.07, 6.45) is 2.89. The Morgan fingerprint density at radius 1 is 1.29 bits per heavy atom. The van der Waals surface area contributed by atoms with Crippen LogP contribution in [0.25, 0.3) is 0 Å². The van der Waals surface area contributed by atoms with Crippen LogP contribution in [-0.4, -0.2) is 12.4 Å². The first-order chi connectivity index (χ1) is 9.89. The van der Waals surface area contributed by atoms with Gasteiger partial charge >= 0.3 is 0 Å². The summed E-state index contributed by atoms with van der Waals surface area (Å²) in [7, 11) is 0. The summed E-state index contributed by atoms with van der Waals surface area (Å²) in [4.78, 5) is 12.6. The lowest BCUT2D eigenvalue weighted by Gasteiger charge is -2.38. The number of nitrogens with zero attached hydrogens (tertiary/aromatic N) is 1. The third-order valence-electron chi connectivity index (χ3n) is 4.28. The topological polar surface area (TPSA) is 50.1 Å². The summed E-state index contributed by atoms with van der Waals surface area (Å²) in [6.45, 7) is 4.27. The van der Waals surface area contributed by atoms with Crippen LogP contribution in [0.4, 0.5) is 0 Å². The summed E-state index contributed by atoms with van der Waals surface area (Å²) in [5.41, 5.74) is -1.28. The number of benzene rings is 1. The zero-order valence-corrected chi connectivity index (χ0v) is 14.1. The lowest BCUT2D eigenvalue weighted by Crippen LogP contribution is -2.44. The number of Topliss-reactive ketones (excluding diaryl/α,β-unsaturated/α-hetero) is 1. The van der Waals surface area contributed by atoms with Crippen LogP contribution in [0, 0.1) is 22.2 Å². The first-order valence-electron chi connectivity index (χ1n) is 7.24. The molecule has 1 fully saturated rings. The van der Waals surface area contributed by atoms with Crippen LogP contribution >= 0.6 is 15.9 Å². The van der Waals surface area contributed by atoms with Crippen LogP contribution in [0.1, 0.15) is 39.5 Å². The van der Waals surface area contributed by atoms with E-state index in [1.54, 1.807) is 0 Å². The minimum absolute atomic E-state index is 0.0724. The molecule has 1 saturated carbocycles. The number of hydrogen-bond donors (Lipinski definition) is 0. The Balaban J connectivity index is 2.01. The highest BCUT2D eigenvalue weighted by Gasteiger charge is 2.48. The van der Waals surface area contributed by atoms with E-state index in [2.05, 4.69) is 22.0 Å². The van der Waals surface area contributed by atoms with E-state index in [4.69, 9.17) is 4.74 Å². The minimum atomic E-state index is -0.878. The van der Waals surface area contributed by atoms with Gasteiger partial charge in [-0.15, -0.1) is 0 Å². The molecule has 1 aliphatic rings. The van der Waals surface area contributed by atoms with Gasteiger partial charge in [-0.25, -0.2) is 0 Å². The molecule has 0 spiro atoms. The second-order valence-electron chi connectivity index (χ2n) is 6.31. The molecule has 0 aromatic heterocycles. The molecule has 1 unspecified atom stereocenters. The Kier molecular flexibility index (Phi) is 4.73. The zero-order chi connectivity index (χ0) is 15.5. The minimum Gasteiger partial charge on any atom is -0.494 e. The van der Waals surface area contributed by atoms with Gasteiger partial charge in [-0.2, -0.15) is 5.26 Å². The molecule has 0 aliphatic heterocycles. The predicted octanol–water partition coefficient (Wildman–Crippen LogP) is 4.51. The predicted molar refractivity (Wildman–Crippen MR) is 84.9 cm³/mol. The molecule has 0 N–H and O–H groups in total. The van der Waals surface area contributed by atoms with Crippen molar-refractivity contribution in [2.24, 2.45) is 10.8 Å².